The van der Waals surface area contributed by atoms with Crippen molar-refractivity contribution >= 4 is 34.1 Å². The van der Waals surface area contributed by atoms with Gasteiger partial charge in [0.2, 0.25) is 5.91 Å². The number of likely N-dealkylation sites (N-methyl/N-ethyl adjacent to an activating group) is 1. The van der Waals surface area contributed by atoms with Crippen molar-refractivity contribution in [1.29, 1.82) is 5.26 Å². The summed E-state index contributed by atoms with van der Waals surface area (Å²) in [5, 5.41) is 10.6. The number of nitrogens with zero attached hydrogens (tertiary/aromatic N) is 4. The summed E-state index contributed by atoms with van der Waals surface area (Å²) in [4.78, 5) is 22.8. The second-order valence-electron chi connectivity index (χ2n) is 10.3. The summed E-state index contributed by atoms with van der Waals surface area (Å²) in [6.07, 6.45) is 3.06. The van der Waals surface area contributed by atoms with Crippen molar-refractivity contribution in [3.8, 4) is 6.07 Å². The number of aromatic amines is 1. The van der Waals surface area contributed by atoms with Crippen molar-refractivity contribution in [3.05, 3.63) is 64.4 Å². The van der Waals surface area contributed by atoms with Gasteiger partial charge in [-0.2, -0.15) is 5.26 Å². The maximum Gasteiger partial charge on any atom is 0.238 e. The molecule has 1 saturated heterocycles. The van der Waals surface area contributed by atoms with Gasteiger partial charge in [-0.15, -0.1) is 11.6 Å². The van der Waals surface area contributed by atoms with Gasteiger partial charge in [-0.3, -0.25) is 4.79 Å². The van der Waals surface area contributed by atoms with Crippen LogP contribution in [0.2, 0.25) is 0 Å². The molecule has 0 unspecified atom stereocenters. The highest BCUT2D eigenvalue weighted by atomic mass is 35.5. The fourth-order valence-corrected chi connectivity index (χ4v) is 6.13. The molecule has 6 nitrogen and oxygen atoms in total. The van der Waals surface area contributed by atoms with Crippen molar-refractivity contribution in [1.82, 2.24) is 14.8 Å². The van der Waals surface area contributed by atoms with Crippen molar-refractivity contribution in [2.45, 2.75) is 44.7 Å². The summed E-state index contributed by atoms with van der Waals surface area (Å²) >= 11 is 6.11. The van der Waals surface area contributed by atoms with Gasteiger partial charge in [0.25, 0.3) is 0 Å². The number of nitrogens with one attached hydrogen (secondary N) is 1. The van der Waals surface area contributed by atoms with E-state index in [1.807, 2.05) is 18.2 Å². The van der Waals surface area contributed by atoms with Crippen molar-refractivity contribution in [3.63, 3.8) is 0 Å². The van der Waals surface area contributed by atoms with E-state index < -0.39 is 17.7 Å². The predicted molar refractivity (Wildman–Crippen MR) is 146 cm³/mol. The highest BCUT2D eigenvalue weighted by Gasteiger charge is 2.40. The normalized spacial score (nSPS) is 20.0. The Balaban J connectivity index is 1.67. The fourth-order valence-electron chi connectivity index (χ4n) is 5.99. The molecule has 38 heavy (non-hydrogen) atoms. The van der Waals surface area contributed by atoms with Gasteiger partial charge >= 0.3 is 0 Å². The van der Waals surface area contributed by atoms with Crippen LogP contribution in [-0.2, 0) is 11.2 Å². The molecule has 9 heteroatoms. The monoisotopic (exact) mass is 539 g/mol. The van der Waals surface area contributed by atoms with Crippen molar-refractivity contribution in [2.24, 2.45) is 0 Å². The van der Waals surface area contributed by atoms with Crippen LogP contribution in [0.4, 0.5) is 14.5 Å². The lowest BCUT2D eigenvalue weighted by Gasteiger charge is -2.42. The number of nitriles is 1. The van der Waals surface area contributed by atoms with Gasteiger partial charge in [-0.25, -0.2) is 8.78 Å². The molecule has 1 amide bonds. The first-order chi connectivity index (χ1) is 18.4. The van der Waals surface area contributed by atoms with Gasteiger partial charge in [-0.1, -0.05) is 25.8 Å². The molecule has 0 bridgehead atoms. The zero-order valence-corrected chi connectivity index (χ0v) is 22.5. The summed E-state index contributed by atoms with van der Waals surface area (Å²) < 4.78 is 29.2. The van der Waals surface area contributed by atoms with E-state index in [1.165, 1.54) is 6.07 Å². The molecule has 0 spiro atoms. The Morgan fingerprint density at radius 1 is 1.18 bits per heavy atom. The third kappa shape index (κ3) is 4.74. The molecule has 1 aromatic heterocycles. The predicted octanol–water partition coefficient (Wildman–Crippen LogP) is 5.34. The van der Waals surface area contributed by atoms with Crippen molar-refractivity contribution < 1.29 is 13.6 Å². The van der Waals surface area contributed by atoms with E-state index in [0.29, 0.717) is 23.1 Å². The summed E-state index contributed by atoms with van der Waals surface area (Å²) in [7, 11) is 2.08. The van der Waals surface area contributed by atoms with E-state index in [0.717, 1.165) is 68.3 Å². The number of anilines is 1. The van der Waals surface area contributed by atoms with Gasteiger partial charge in [0.1, 0.15) is 23.6 Å². The van der Waals surface area contributed by atoms with Crippen LogP contribution in [-0.4, -0.2) is 65.8 Å². The number of rotatable bonds is 6. The molecule has 1 N–H and O–H groups in total. The Morgan fingerprint density at radius 2 is 1.95 bits per heavy atom. The number of unbranched alkanes of at least 4 members (excludes halogenated alkanes) is 1. The Kier molecular flexibility index (Phi) is 7.60. The molecule has 3 heterocycles. The zero-order chi connectivity index (χ0) is 27.0. The van der Waals surface area contributed by atoms with Crippen LogP contribution in [0.5, 0.6) is 0 Å². The number of H-pyrrole nitrogens is 1. The van der Waals surface area contributed by atoms with E-state index in [4.69, 9.17) is 11.6 Å². The number of fused-ring (bicyclic) bond motifs is 3. The number of aromatic nitrogens is 1. The lowest BCUT2D eigenvalue weighted by Crippen LogP contribution is -2.48. The topological polar surface area (TPSA) is 66.4 Å². The van der Waals surface area contributed by atoms with Crippen LogP contribution in [0.1, 0.15) is 54.6 Å². The number of halogens is 3. The number of alkyl halides is 1. The van der Waals surface area contributed by atoms with Gasteiger partial charge in [-0.05, 0) is 49.2 Å². The fraction of sp³-hybridized carbons (Fsp3) is 0.448. The van der Waals surface area contributed by atoms with Crippen LogP contribution in [0, 0.1) is 23.0 Å². The lowest BCUT2D eigenvalue weighted by molar-refractivity contribution is -0.133. The maximum atomic E-state index is 14.9. The maximum absolute atomic E-state index is 14.9. The number of carbonyl (C=O) groups is 1. The van der Waals surface area contributed by atoms with Crippen LogP contribution in [0.3, 0.4) is 0 Å². The SMILES string of the molecule is CCCC[C@H]1Cc2c([nH]c3c(F)cc(F)cc23)[C@H](c2ccc(N3CCN(C)CC3)c(C#N)c2)N1C(=O)CCl. The summed E-state index contributed by atoms with van der Waals surface area (Å²) in [6.45, 7) is 5.55. The molecular formula is C29H32ClF2N5O. The van der Waals surface area contributed by atoms with E-state index in [1.54, 1.807) is 4.90 Å². The van der Waals surface area contributed by atoms with Crippen LogP contribution in [0.25, 0.3) is 10.9 Å². The highest BCUT2D eigenvalue weighted by Crippen LogP contribution is 2.43. The molecule has 0 aliphatic carbocycles. The number of benzene rings is 2. The first-order valence-corrected chi connectivity index (χ1v) is 13.7. The summed E-state index contributed by atoms with van der Waals surface area (Å²) in [6, 6.07) is 9.51. The Hall–Kier alpha value is -3.15. The van der Waals surface area contributed by atoms with E-state index >= 15 is 0 Å². The Bertz CT molecular complexity index is 1390. The molecule has 2 aromatic carbocycles. The molecule has 5 rings (SSSR count). The zero-order valence-electron chi connectivity index (χ0n) is 21.7. The molecule has 0 saturated carbocycles. The van der Waals surface area contributed by atoms with Crippen LogP contribution in [0.15, 0.2) is 30.3 Å². The Morgan fingerprint density at radius 3 is 2.63 bits per heavy atom. The number of amides is 1. The lowest BCUT2D eigenvalue weighted by atomic mass is 9.85. The van der Waals surface area contributed by atoms with E-state index in [9.17, 15) is 18.8 Å². The second-order valence-corrected chi connectivity index (χ2v) is 10.6. The minimum Gasteiger partial charge on any atom is -0.368 e. The van der Waals surface area contributed by atoms with Gasteiger partial charge in [0, 0.05) is 49.4 Å². The average Bonchev–Trinajstić information content (AvgIpc) is 3.29. The third-order valence-corrected chi connectivity index (χ3v) is 8.17. The third-order valence-electron chi connectivity index (χ3n) is 7.94. The molecule has 1 fully saturated rings. The first-order valence-electron chi connectivity index (χ1n) is 13.2. The minimum absolute atomic E-state index is 0.188. The average molecular weight is 540 g/mol. The van der Waals surface area contributed by atoms with Gasteiger partial charge < -0.3 is 19.7 Å². The highest BCUT2D eigenvalue weighted by molar-refractivity contribution is 6.27. The quantitative estimate of drug-likeness (QED) is 0.429. The van der Waals surface area contributed by atoms with E-state index in [2.05, 4.69) is 34.8 Å². The molecule has 2 aliphatic heterocycles. The molecule has 0 radical (unpaired) electrons. The van der Waals surface area contributed by atoms with E-state index in [-0.39, 0.29) is 23.3 Å². The molecule has 3 aromatic rings. The number of hydrogen-bond donors (Lipinski definition) is 1. The molecule has 2 atom stereocenters. The molecule has 200 valence electrons. The van der Waals surface area contributed by atoms with Gasteiger partial charge in [0.15, 0.2) is 0 Å². The first kappa shape index (κ1) is 26.5. The smallest absolute Gasteiger partial charge is 0.238 e. The van der Waals surface area contributed by atoms with Crippen molar-refractivity contribution in [2.75, 3.05) is 44.0 Å². The number of piperazine rings is 1. The summed E-state index contributed by atoms with van der Waals surface area (Å²) in [5.41, 5.74) is 3.81. The molecule has 2 aliphatic rings. The number of hydrogen-bond acceptors (Lipinski definition) is 4. The van der Waals surface area contributed by atoms with Gasteiger partial charge in [0.05, 0.1) is 22.8 Å². The standard InChI is InChI=1S/C29H32ClF2N5O/c1-3-4-5-21-15-23-22-13-20(31)14-24(32)27(22)34-28(23)29(37(21)26(38)16-30)18-6-7-25(19(12-18)17-33)36-10-8-35(2)9-11-36/h6-7,12-14,21,29,34H,3-5,8-11,15-16H2,1-2H3/t21-,29-/m0/s1. The largest absolute Gasteiger partial charge is 0.368 e. The second kappa shape index (κ2) is 10.9. The summed E-state index contributed by atoms with van der Waals surface area (Å²) in [5.74, 6) is -1.73. The Labute approximate surface area is 226 Å². The number of carbonyl (C=O) groups excluding carboxylic acids is 1. The minimum atomic E-state index is -0.670. The van der Waals surface area contributed by atoms with Crippen LogP contribution >= 0.6 is 11.6 Å². The molecular weight excluding hydrogens is 508 g/mol. The van der Waals surface area contributed by atoms with Crippen LogP contribution < -0.4 is 4.90 Å².